The first kappa shape index (κ1) is 12.6. The van der Waals surface area contributed by atoms with Gasteiger partial charge in [-0.1, -0.05) is 39.9 Å². The minimum absolute atomic E-state index is 0.213. The SMILES string of the molecule is C=CC[C@@H](C=O)[Si](C)(C)C(C)(C)C. The average molecular weight is 198 g/mol. The van der Waals surface area contributed by atoms with Crippen LogP contribution in [-0.4, -0.2) is 14.4 Å². The third-order valence-electron chi connectivity index (χ3n) is 3.44. The van der Waals surface area contributed by atoms with Crippen molar-refractivity contribution in [1.82, 2.24) is 0 Å². The highest BCUT2D eigenvalue weighted by Crippen LogP contribution is 2.43. The molecule has 76 valence electrons. The van der Waals surface area contributed by atoms with Gasteiger partial charge in [0.25, 0.3) is 0 Å². The Morgan fingerprint density at radius 2 is 1.85 bits per heavy atom. The summed E-state index contributed by atoms with van der Waals surface area (Å²) in [5.41, 5.74) is 0.213. The van der Waals surface area contributed by atoms with E-state index < -0.39 is 8.07 Å². The standard InChI is InChI=1S/C11H22OSi/c1-7-8-10(9-12)13(5,6)11(2,3)4/h7,9-10H,1,8H2,2-6H3/t10-/m0/s1. The number of hydrogen-bond donors (Lipinski definition) is 0. The molecule has 0 rings (SSSR count). The lowest BCUT2D eigenvalue weighted by molar-refractivity contribution is -0.107. The Hall–Kier alpha value is -0.373. The van der Waals surface area contributed by atoms with Gasteiger partial charge >= 0.3 is 0 Å². The second kappa shape index (κ2) is 4.23. The molecule has 0 radical (unpaired) electrons. The van der Waals surface area contributed by atoms with E-state index in [1.54, 1.807) is 0 Å². The predicted octanol–water partition coefficient (Wildman–Crippen LogP) is 3.64. The Morgan fingerprint density at radius 1 is 1.38 bits per heavy atom. The molecule has 0 N–H and O–H groups in total. The normalized spacial score (nSPS) is 15.2. The summed E-state index contributed by atoms with van der Waals surface area (Å²) >= 11 is 0. The largest absolute Gasteiger partial charge is 0.303 e. The summed E-state index contributed by atoms with van der Waals surface area (Å²) in [5.74, 6) is 0. The minimum Gasteiger partial charge on any atom is -0.303 e. The number of rotatable bonds is 4. The van der Waals surface area contributed by atoms with E-state index in [4.69, 9.17) is 0 Å². The van der Waals surface area contributed by atoms with E-state index in [1.807, 2.05) is 6.08 Å². The first-order chi connectivity index (χ1) is 5.77. The Morgan fingerprint density at radius 3 is 2.08 bits per heavy atom. The first-order valence-electron chi connectivity index (χ1n) is 4.83. The molecule has 0 bridgehead atoms. The van der Waals surface area contributed by atoms with Gasteiger partial charge in [0, 0.05) is 5.54 Å². The highest BCUT2D eigenvalue weighted by atomic mass is 28.3. The van der Waals surface area contributed by atoms with Crippen LogP contribution in [0.15, 0.2) is 12.7 Å². The summed E-state index contributed by atoms with van der Waals surface area (Å²) in [5, 5.41) is 0.279. The molecule has 0 spiro atoms. The van der Waals surface area contributed by atoms with Crippen molar-refractivity contribution in [3.63, 3.8) is 0 Å². The highest BCUT2D eigenvalue weighted by molar-refractivity contribution is 6.83. The van der Waals surface area contributed by atoms with Crippen LogP contribution in [0.2, 0.25) is 23.7 Å². The van der Waals surface area contributed by atoms with Gasteiger partial charge in [0.05, 0.1) is 8.07 Å². The molecule has 2 heteroatoms. The fourth-order valence-electron chi connectivity index (χ4n) is 1.26. The third-order valence-corrected chi connectivity index (χ3v) is 9.54. The third kappa shape index (κ3) is 2.80. The molecule has 13 heavy (non-hydrogen) atoms. The number of hydrogen-bond acceptors (Lipinski definition) is 1. The van der Waals surface area contributed by atoms with Crippen LogP contribution in [0.5, 0.6) is 0 Å². The molecule has 0 unspecified atom stereocenters. The lowest BCUT2D eigenvalue weighted by Crippen LogP contribution is -2.42. The first-order valence-corrected chi connectivity index (χ1v) is 7.91. The summed E-state index contributed by atoms with van der Waals surface area (Å²) in [6.07, 6.45) is 3.82. The summed E-state index contributed by atoms with van der Waals surface area (Å²) in [7, 11) is -1.49. The predicted molar refractivity (Wildman–Crippen MR) is 61.8 cm³/mol. The second-order valence-electron chi connectivity index (χ2n) is 5.24. The molecule has 1 atom stereocenters. The molecule has 1 nitrogen and oxygen atoms in total. The fraction of sp³-hybridized carbons (Fsp3) is 0.727. The van der Waals surface area contributed by atoms with Crippen LogP contribution >= 0.6 is 0 Å². The van der Waals surface area contributed by atoms with Crippen molar-refractivity contribution in [2.75, 3.05) is 0 Å². The summed E-state index contributed by atoms with van der Waals surface area (Å²) < 4.78 is 0. The van der Waals surface area contributed by atoms with Gasteiger partial charge in [-0.05, 0) is 11.5 Å². The van der Waals surface area contributed by atoms with Crippen LogP contribution in [0.1, 0.15) is 27.2 Å². The molecule has 0 amide bonds. The zero-order valence-corrected chi connectivity index (χ0v) is 10.6. The Bertz CT molecular complexity index is 189. The number of aldehydes is 1. The van der Waals surface area contributed by atoms with Crippen molar-refractivity contribution < 1.29 is 4.79 Å². The van der Waals surface area contributed by atoms with Crippen LogP contribution in [0.4, 0.5) is 0 Å². The molecule has 0 fully saturated rings. The van der Waals surface area contributed by atoms with Crippen molar-refractivity contribution >= 4 is 14.4 Å². The second-order valence-corrected chi connectivity index (χ2v) is 10.9. The van der Waals surface area contributed by atoms with Gasteiger partial charge in [-0.25, -0.2) is 0 Å². The lowest BCUT2D eigenvalue weighted by atomic mass is 10.2. The van der Waals surface area contributed by atoms with E-state index in [-0.39, 0.29) is 10.6 Å². The van der Waals surface area contributed by atoms with Gasteiger partial charge in [-0.15, -0.1) is 6.58 Å². The molecule has 0 heterocycles. The molecule has 0 aromatic carbocycles. The molecular formula is C11H22OSi. The van der Waals surface area contributed by atoms with E-state index in [1.165, 1.54) is 0 Å². The van der Waals surface area contributed by atoms with Crippen LogP contribution in [-0.2, 0) is 4.79 Å². The van der Waals surface area contributed by atoms with Gasteiger partial charge in [-0.3, -0.25) is 0 Å². The van der Waals surface area contributed by atoms with Crippen LogP contribution < -0.4 is 0 Å². The molecule has 0 saturated heterocycles. The summed E-state index contributed by atoms with van der Waals surface area (Å²) in [6, 6.07) is 0. The van der Waals surface area contributed by atoms with Crippen LogP contribution in [0.3, 0.4) is 0 Å². The maximum atomic E-state index is 11.0. The van der Waals surface area contributed by atoms with Gasteiger partial charge < -0.3 is 4.79 Å². The maximum absolute atomic E-state index is 11.0. The Labute approximate surface area is 83.2 Å². The Kier molecular flexibility index (Phi) is 4.10. The average Bonchev–Trinajstić information content (AvgIpc) is 1.97. The molecular weight excluding hydrogens is 176 g/mol. The molecule has 0 saturated carbocycles. The zero-order valence-electron chi connectivity index (χ0n) is 9.55. The van der Waals surface area contributed by atoms with Crippen LogP contribution in [0.25, 0.3) is 0 Å². The minimum atomic E-state index is -1.49. The van der Waals surface area contributed by atoms with E-state index >= 15 is 0 Å². The van der Waals surface area contributed by atoms with E-state index in [2.05, 4.69) is 40.4 Å². The fourth-order valence-corrected chi connectivity index (χ4v) is 3.46. The van der Waals surface area contributed by atoms with Crippen molar-refractivity contribution in [1.29, 1.82) is 0 Å². The van der Waals surface area contributed by atoms with E-state index in [0.717, 1.165) is 12.7 Å². The van der Waals surface area contributed by atoms with Crippen molar-refractivity contribution in [2.24, 2.45) is 0 Å². The van der Waals surface area contributed by atoms with Crippen molar-refractivity contribution in [3.8, 4) is 0 Å². The molecule has 0 aliphatic heterocycles. The molecule has 0 aromatic heterocycles. The van der Waals surface area contributed by atoms with Gasteiger partial charge in [0.2, 0.25) is 0 Å². The topological polar surface area (TPSA) is 17.1 Å². The quantitative estimate of drug-likeness (QED) is 0.383. The van der Waals surface area contributed by atoms with Gasteiger partial charge in [0.1, 0.15) is 6.29 Å². The van der Waals surface area contributed by atoms with E-state index in [0.29, 0.717) is 0 Å². The lowest BCUT2D eigenvalue weighted by Gasteiger charge is -2.40. The van der Waals surface area contributed by atoms with Crippen molar-refractivity contribution in [3.05, 3.63) is 12.7 Å². The number of allylic oxidation sites excluding steroid dienone is 1. The molecule has 0 aromatic rings. The molecule has 0 aliphatic carbocycles. The van der Waals surface area contributed by atoms with E-state index in [9.17, 15) is 4.79 Å². The smallest absolute Gasteiger partial charge is 0.120 e. The number of carbonyl (C=O) groups excluding carboxylic acids is 1. The maximum Gasteiger partial charge on any atom is 0.120 e. The monoisotopic (exact) mass is 198 g/mol. The van der Waals surface area contributed by atoms with Gasteiger partial charge in [-0.2, -0.15) is 0 Å². The molecule has 0 aliphatic rings. The summed E-state index contributed by atoms with van der Waals surface area (Å²) in [4.78, 5) is 11.0. The number of carbonyl (C=O) groups is 1. The van der Waals surface area contributed by atoms with Crippen molar-refractivity contribution in [2.45, 2.75) is 50.9 Å². The summed E-state index contributed by atoms with van der Waals surface area (Å²) in [6.45, 7) is 15.0. The van der Waals surface area contributed by atoms with Crippen LogP contribution in [0, 0.1) is 0 Å². The Balaban J connectivity index is 4.76. The zero-order chi connectivity index (χ0) is 10.7. The highest BCUT2D eigenvalue weighted by Gasteiger charge is 2.41. The van der Waals surface area contributed by atoms with Gasteiger partial charge in [0.15, 0.2) is 0 Å².